The summed E-state index contributed by atoms with van der Waals surface area (Å²) in [5.41, 5.74) is 4.22. The van der Waals surface area contributed by atoms with Gasteiger partial charge in [-0.15, -0.1) is 0 Å². The number of aromatic nitrogens is 2. The molecule has 0 saturated carbocycles. The van der Waals surface area contributed by atoms with Gasteiger partial charge in [0.25, 0.3) is 0 Å². The van der Waals surface area contributed by atoms with E-state index in [2.05, 4.69) is 16.5 Å². The molecule has 2 heterocycles. The second-order valence-electron chi connectivity index (χ2n) is 8.20. The predicted octanol–water partition coefficient (Wildman–Crippen LogP) is 6.73. The van der Waals surface area contributed by atoms with E-state index in [1.807, 2.05) is 30.3 Å². The Bertz CT molecular complexity index is 1350. The minimum atomic E-state index is -0.957. The molecule has 0 spiro atoms. The number of nitrogens with zero attached hydrogens (tertiary/aromatic N) is 2. The molecule has 1 aliphatic rings. The van der Waals surface area contributed by atoms with Gasteiger partial charge in [-0.3, -0.25) is 0 Å². The van der Waals surface area contributed by atoms with Gasteiger partial charge in [-0.05, 0) is 47.2 Å². The number of ether oxygens (including phenoxy) is 1. The van der Waals surface area contributed by atoms with Crippen LogP contribution in [0.2, 0.25) is 0 Å². The fourth-order valence-electron chi connectivity index (χ4n) is 3.88. The molecule has 0 N–H and O–H groups in total. The maximum atomic E-state index is 14.7. The molecule has 6 heteroatoms. The van der Waals surface area contributed by atoms with Crippen molar-refractivity contribution in [2.24, 2.45) is 0 Å². The summed E-state index contributed by atoms with van der Waals surface area (Å²) in [6, 6.07) is 15.9. The number of halogens is 3. The van der Waals surface area contributed by atoms with Crippen LogP contribution in [0.15, 0.2) is 73.6 Å². The van der Waals surface area contributed by atoms with Crippen LogP contribution in [-0.2, 0) is 17.6 Å². The fourth-order valence-corrected chi connectivity index (χ4v) is 3.88. The van der Waals surface area contributed by atoms with Crippen LogP contribution in [0.1, 0.15) is 28.4 Å². The first-order valence-corrected chi connectivity index (χ1v) is 11.0. The molecule has 5 rings (SSSR count). The van der Waals surface area contributed by atoms with Crippen molar-refractivity contribution in [1.82, 2.24) is 9.97 Å². The van der Waals surface area contributed by atoms with E-state index in [1.165, 1.54) is 24.5 Å². The molecule has 0 aliphatic carbocycles. The van der Waals surface area contributed by atoms with Gasteiger partial charge in [0.1, 0.15) is 11.9 Å². The van der Waals surface area contributed by atoms with Crippen molar-refractivity contribution < 1.29 is 17.9 Å². The van der Waals surface area contributed by atoms with Gasteiger partial charge in [0, 0.05) is 23.5 Å². The van der Waals surface area contributed by atoms with Crippen molar-refractivity contribution in [3.05, 3.63) is 113 Å². The molecule has 1 saturated heterocycles. The molecule has 1 fully saturated rings. The van der Waals surface area contributed by atoms with Crippen LogP contribution in [-0.4, -0.2) is 16.6 Å². The molecule has 1 atom stereocenters. The van der Waals surface area contributed by atoms with E-state index in [-0.39, 0.29) is 28.9 Å². The molecule has 0 amide bonds. The summed E-state index contributed by atoms with van der Waals surface area (Å²) in [6.07, 6.45) is 5.34. The van der Waals surface area contributed by atoms with Crippen LogP contribution in [0.5, 0.6) is 0 Å². The first-order valence-electron chi connectivity index (χ1n) is 11.0. The molecule has 3 nitrogen and oxygen atoms in total. The summed E-state index contributed by atoms with van der Waals surface area (Å²) < 4.78 is 48.9. The standard InChI is InChI=1S/C28H21F3N2O/c1-2-17-14-32-28(33-15-17)23-12-9-20(26(30)27(23)31)8-5-18-3-6-19(7-4-18)21-10-11-22(24(29)13-21)25-16-34-25/h2-4,6-7,9-15,25H,1,5,8,16H2. The number of hydrogen-bond acceptors (Lipinski definition) is 3. The van der Waals surface area contributed by atoms with Crippen molar-refractivity contribution in [2.45, 2.75) is 18.9 Å². The summed E-state index contributed by atoms with van der Waals surface area (Å²) in [7, 11) is 0. The van der Waals surface area contributed by atoms with E-state index < -0.39 is 11.6 Å². The minimum Gasteiger partial charge on any atom is -0.368 e. The van der Waals surface area contributed by atoms with Crippen LogP contribution in [0.4, 0.5) is 13.2 Å². The van der Waals surface area contributed by atoms with Gasteiger partial charge in [-0.2, -0.15) is 0 Å². The molecular weight excluding hydrogens is 437 g/mol. The molecule has 3 aromatic carbocycles. The lowest BCUT2D eigenvalue weighted by Gasteiger charge is -2.09. The van der Waals surface area contributed by atoms with Crippen molar-refractivity contribution >= 4 is 6.08 Å². The lowest BCUT2D eigenvalue weighted by atomic mass is 9.98. The van der Waals surface area contributed by atoms with E-state index in [0.29, 0.717) is 30.6 Å². The third kappa shape index (κ3) is 4.50. The minimum absolute atomic E-state index is 0.0210. The van der Waals surface area contributed by atoms with Gasteiger partial charge in [0.15, 0.2) is 17.5 Å². The molecule has 0 radical (unpaired) electrons. The normalized spacial score (nSPS) is 14.7. The largest absolute Gasteiger partial charge is 0.368 e. The molecule has 4 aromatic rings. The third-order valence-electron chi connectivity index (χ3n) is 5.96. The Hall–Kier alpha value is -3.77. The zero-order chi connectivity index (χ0) is 23.7. The van der Waals surface area contributed by atoms with Crippen molar-refractivity contribution in [2.75, 3.05) is 6.61 Å². The third-order valence-corrected chi connectivity index (χ3v) is 5.96. The second-order valence-corrected chi connectivity index (χ2v) is 8.20. The van der Waals surface area contributed by atoms with E-state index in [4.69, 9.17) is 4.74 Å². The van der Waals surface area contributed by atoms with Gasteiger partial charge in [-0.1, -0.05) is 55.1 Å². The van der Waals surface area contributed by atoms with Gasteiger partial charge in [0.05, 0.1) is 12.2 Å². The molecule has 1 aliphatic heterocycles. The topological polar surface area (TPSA) is 38.3 Å². The molecule has 1 unspecified atom stereocenters. The van der Waals surface area contributed by atoms with Crippen molar-refractivity contribution in [3.8, 4) is 22.5 Å². The first kappa shape index (κ1) is 22.0. The Labute approximate surface area is 195 Å². The van der Waals surface area contributed by atoms with E-state index in [9.17, 15) is 13.2 Å². The highest BCUT2D eigenvalue weighted by atomic mass is 19.2. The highest BCUT2D eigenvalue weighted by Crippen LogP contribution is 2.33. The van der Waals surface area contributed by atoms with Crippen LogP contribution in [0, 0.1) is 17.5 Å². The van der Waals surface area contributed by atoms with Gasteiger partial charge >= 0.3 is 0 Å². The van der Waals surface area contributed by atoms with Crippen molar-refractivity contribution in [1.29, 1.82) is 0 Å². The quantitative estimate of drug-likeness (QED) is 0.288. The summed E-state index contributed by atoms with van der Waals surface area (Å²) in [5, 5.41) is 0. The Morgan fingerprint density at radius 2 is 1.59 bits per heavy atom. The van der Waals surface area contributed by atoms with E-state index in [0.717, 1.165) is 16.7 Å². The van der Waals surface area contributed by atoms with Crippen LogP contribution in [0.3, 0.4) is 0 Å². The van der Waals surface area contributed by atoms with Crippen molar-refractivity contribution in [3.63, 3.8) is 0 Å². The summed E-state index contributed by atoms with van der Waals surface area (Å²) in [6.45, 7) is 4.19. The molecular formula is C28H21F3N2O. The van der Waals surface area contributed by atoms with Crippen LogP contribution >= 0.6 is 0 Å². The molecule has 170 valence electrons. The zero-order valence-electron chi connectivity index (χ0n) is 18.3. The Balaban J connectivity index is 1.28. The maximum absolute atomic E-state index is 14.7. The lowest BCUT2D eigenvalue weighted by molar-refractivity contribution is 0.408. The first-order chi connectivity index (χ1) is 16.5. The average molecular weight is 458 g/mol. The highest BCUT2D eigenvalue weighted by molar-refractivity contribution is 5.64. The smallest absolute Gasteiger partial charge is 0.170 e. The molecule has 0 bridgehead atoms. The Kier molecular flexibility index (Phi) is 5.99. The summed E-state index contributed by atoms with van der Waals surface area (Å²) in [5.74, 6) is -1.99. The van der Waals surface area contributed by atoms with Gasteiger partial charge in [0.2, 0.25) is 0 Å². The van der Waals surface area contributed by atoms with Gasteiger partial charge in [-0.25, -0.2) is 23.1 Å². The summed E-state index contributed by atoms with van der Waals surface area (Å²) in [4.78, 5) is 8.16. The second kappa shape index (κ2) is 9.23. The summed E-state index contributed by atoms with van der Waals surface area (Å²) >= 11 is 0. The number of aryl methyl sites for hydroxylation is 2. The van der Waals surface area contributed by atoms with E-state index >= 15 is 0 Å². The Morgan fingerprint density at radius 3 is 2.24 bits per heavy atom. The average Bonchev–Trinajstić information content (AvgIpc) is 3.71. The lowest BCUT2D eigenvalue weighted by Crippen LogP contribution is -2.01. The van der Waals surface area contributed by atoms with Crippen LogP contribution in [0.25, 0.3) is 28.6 Å². The predicted molar refractivity (Wildman–Crippen MR) is 125 cm³/mol. The highest BCUT2D eigenvalue weighted by Gasteiger charge is 2.27. The fraction of sp³-hybridized carbons (Fsp3) is 0.143. The number of benzene rings is 3. The Morgan fingerprint density at radius 1 is 0.882 bits per heavy atom. The monoisotopic (exact) mass is 458 g/mol. The number of hydrogen-bond donors (Lipinski definition) is 0. The van der Waals surface area contributed by atoms with Gasteiger partial charge < -0.3 is 4.74 Å². The number of rotatable bonds is 7. The zero-order valence-corrected chi connectivity index (χ0v) is 18.3. The van der Waals surface area contributed by atoms with Crippen LogP contribution < -0.4 is 0 Å². The van der Waals surface area contributed by atoms with E-state index in [1.54, 1.807) is 18.2 Å². The molecule has 1 aromatic heterocycles. The SMILES string of the molecule is C=Cc1cnc(-c2ccc(CCc3ccc(-c4ccc(C5CO5)c(F)c4)cc3)c(F)c2F)nc1. The molecule has 34 heavy (non-hydrogen) atoms. The maximum Gasteiger partial charge on any atom is 0.170 e. The number of epoxide rings is 1.